The molecule has 0 atom stereocenters. The van der Waals surface area contributed by atoms with E-state index in [9.17, 15) is 0 Å². The molecule has 0 aliphatic carbocycles. The van der Waals surface area contributed by atoms with Crippen molar-refractivity contribution in [2.24, 2.45) is 0 Å². The molecule has 576 valence electrons. The van der Waals surface area contributed by atoms with E-state index < -0.39 is 148 Å². The van der Waals surface area contributed by atoms with Crippen molar-refractivity contribution in [2.45, 2.75) is 0 Å². The Morgan fingerprint density at radius 2 is 0.0962 bits per heavy atom. The minimum absolute atomic E-state index is 0. The third-order valence-electron chi connectivity index (χ3n) is 0. The zero-order valence-corrected chi connectivity index (χ0v) is 66.0. The van der Waals surface area contributed by atoms with Gasteiger partial charge in [0, 0.05) is 0 Å². The van der Waals surface area contributed by atoms with E-state index in [0.717, 1.165) is 0 Å². The van der Waals surface area contributed by atoms with E-state index in [2.05, 4.69) is 0 Å². The van der Waals surface area contributed by atoms with Crippen LogP contribution in [0.3, 0.4) is 0 Å². The third-order valence-corrected chi connectivity index (χ3v) is 0. The van der Waals surface area contributed by atoms with Gasteiger partial charge in [0.05, 0.1) is 0 Å². The number of hydrogen-bond donors (Lipinski definition) is 32. The van der Waals surface area contributed by atoms with Crippen LogP contribution in [0.5, 0.6) is 0 Å². The summed E-state index contributed by atoms with van der Waals surface area (Å²) in [5.41, 5.74) is 0. The first kappa shape index (κ1) is 212. The van der Waals surface area contributed by atoms with Gasteiger partial charge < -0.3 is 283 Å². The van der Waals surface area contributed by atoms with Gasteiger partial charge in [-0.25, -0.2) is 76.7 Å². The quantitative estimate of drug-likeness (QED) is 0.100. The molecule has 0 spiro atoms. The van der Waals surface area contributed by atoms with Gasteiger partial charge in [-0.2, -0.15) is 0 Å². The van der Waals surface area contributed by atoms with Gasteiger partial charge in [-0.3, -0.25) is 0 Å². The molecule has 0 saturated carbocycles. The summed E-state index contributed by atoms with van der Waals surface area (Å²) in [6.45, 7) is 0. The summed E-state index contributed by atoms with van der Waals surface area (Å²) in [6, 6.07) is 0. The summed E-state index contributed by atoms with van der Waals surface area (Å²) in [5.74, 6) is 0. The number of carbonyl (C=O) groups excluding carboxylic acids is 8. The maximum atomic E-state index is 8.56. The van der Waals surface area contributed by atoms with Crippen molar-refractivity contribution in [3.05, 3.63) is 0 Å². The van der Waals surface area contributed by atoms with E-state index in [0.29, 0.717) is 0 Å². The van der Waals surface area contributed by atoms with Gasteiger partial charge in [0.2, 0.25) is 0 Å². The zero-order valence-electron chi connectivity index (χ0n) is 48.3. The first-order chi connectivity index (χ1) is 41.6. The Balaban J connectivity index is -0.0000000173. The van der Waals surface area contributed by atoms with Crippen LogP contribution in [0.4, 0.5) is 115 Å². The molecule has 0 aromatic carbocycles. The Morgan fingerprint density at radius 3 is 0.0962 bits per heavy atom. The Morgan fingerprint density at radius 1 is 0.0962 bits per heavy atom. The fourth-order valence-corrected chi connectivity index (χ4v) is 0. The Hall–Kier alpha value is -7.44. The summed E-state index contributed by atoms with van der Waals surface area (Å²) in [4.78, 5) is 204. The van der Waals surface area contributed by atoms with Gasteiger partial charge in [-0.05, 0) is 49.2 Å². The minimum Gasteiger partial charge on any atom is -0.652 e. The van der Waals surface area contributed by atoms with Crippen molar-refractivity contribution in [3.63, 3.8) is 0 Å². The van der Waals surface area contributed by atoms with Crippen molar-refractivity contribution in [1.29, 1.82) is 0 Å². The SMILES string of the molecule is O=C(O)O.O=C(O)O.O=C(O)O.O=C(O)O.O=C(O)O.O=C(O)O.O=C(O)O.O=C(O)O.O=C(O)O.O=C(O)O.O=C(O)O.O=C(O)O.O=C(O)O.O=C(O)O.O=C(O)O.O=C(O)O.O=C([O-])[O-].O=C([O-])[O-].O=C([O-])[O-].O=C([O-])[O-].O=C([O-])[O-].O=C([O-])[O-].O=C([O-])[O-].O=C([O-])[O-].[Ca+2].[Ca+2].[Ca+2].[Ca+2].[Ca+2].[Ca+2].[Ca+2].[Ca+2]. The minimum atomic E-state index is -2.33. The van der Waals surface area contributed by atoms with Crippen LogP contribution in [0.15, 0.2) is 0 Å². The van der Waals surface area contributed by atoms with Crippen LogP contribution in [-0.4, -0.2) is 613 Å². The molecule has 0 heterocycles. The van der Waals surface area contributed by atoms with E-state index in [1.807, 2.05) is 0 Å². The summed E-state index contributed by atoms with van der Waals surface area (Å²) in [7, 11) is 0. The van der Waals surface area contributed by atoms with Crippen LogP contribution in [0.2, 0.25) is 0 Å². The third kappa shape index (κ3) is 14900. The first-order valence-corrected chi connectivity index (χ1v) is 15.3. The van der Waals surface area contributed by atoms with E-state index in [4.69, 9.17) is 360 Å². The van der Waals surface area contributed by atoms with E-state index in [1.54, 1.807) is 0 Å². The van der Waals surface area contributed by atoms with Gasteiger partial charge in [-0.15, -0.1) is 0 Å². The molecule has 0 bridgehead atoms. The fourth-order valence-electron chi connectivity index (χ4n) is 0. The maximum absolute atomic E-state index is 8.56. The Bertz CT molecular complexity index is 1330. The molecule has 0 radical (unpaired) electrons. The second kappa shape index (κ2) is 205. The summed E-state index contributed by atoms with van der Waals surface area (Å²) >= 11 is 0. The molecular weight excluding hydrogens is 1760 g/mol. The molecule has 0 unspecified atom stereocenters. The molecule has 0 aliphatic rings. The van der Waals surface area contributed by atoms with Gasteiger partial charge in [0.25, 0.3) is 0 Å². The van der Waals surface area contributed by atoms with Gasteiger partial charge in [0.15, 0.2) is 0 Å². The van der Waals surface area contributed by atoms with Gasteiger partial charge in [0.1, 0.15) is 0 Å². The monoisotopic (exact) mass is 1790 g/mol. The smallest absolute Gasteiger partial charge is 0.652 e. The average molecular weight is 1790 g/mol. The van der Waals surface area contributed by atoms with Crippen LogP contribution in [0, 0.1) is 0 Å². The van der Waals surface area contributed by atoms with Crippen LogP contribution >= 0.6 is 0 Å². The van der Waals surface area contributed by atoms with Gasteiger partial charge >= 0.3 is 400 Å². The molecule has 80 heteroatoms. The Kier molecular flexibility index (Phi) is 417. The van der Waals surface area contributed by atoms with Crippen molar-refractivity contribution in [1.82, 2.24) is 0 Å². The van der Waals surface area contributed by atoms with Crippen molar-refractivity contribution in [3.8, 4) is 0 Å². The summed E-state index contributed by atoms with van der Waals surface area (Å²) in [6.07, 6.45) is -48.0. The molecule has 0 aromatic heterocycles. The maximum Gasteiger partial charge on any atom is 2.00 e. The molecule has 104 heavy (non-hydrogen) atoms. The van der Waals surface area contributed by atoms with E-state index in [1.165, 1.54) is 0 Å². The number of carbonyl (C=O) groups is 24. The number of hydrogen-bond acceptors (Lipinski definition) is 40. The molecule has 72 nitrogen and oxygen atoms in total. The van der Waals surface area contributed by atoms with Crippen LogP contribution in [0.25, 0.3) is 0 Å². The van der Waals surface area contributed by atoms with E-state index in [-0.39, 0.29) is 302 Å². The zero-order chi connectivity index (χ0) is 85.9. The largest absolute Gasteiger partial charge is 2.00 e. The number of carboxylic acid groups (broad SMARTS) is 48. The molecule has 0 saturated heterocycles. The normalized spacial score (nSPS) is 5.54. The summed E-state index contributed by atoms with van der Waals surface area (Å²) < 4.78 is 0. The van der Waals surface area contributed by atoms with Crippen LogP contribution in [0.1, 0.15) is 0 Å². The molecular formula is C24H32Ca8O72. The Labute approximate surface area is 797 Å². The van der Waals surface area contributed by atoms with Crippen molar-refractivity contribution < 1.29 is 360 Å². The van der Waals surface area contributed by atoms with E-state index >= 15 is 0 Å². The average Bonchev–Trinajstić information content (AvgIpc) is 3.12. The molecule has 0 aromatic rings. The second-order valence-corrected chi connectivity index (χ2v) is 6.52. The van der Waals surface area contributed by atoms with Crippen molar-refractivity contribution in [2.75, 3.05) is 0 Å². The standard InChI is InChI=1S/24CH2O3.8Ca/c24*2-1(3)4;;;;;;;;/h24*(H2,2,3,4);;;;;;;;/q;;;;;;;;;;;;;;;;;;;;;;;;8*+2/p-16. The molecule has 0 fully saturated rings. The molecule has 0 aliphatic heterocycles. The topological polar surface area (TPSA) is 1430 Å². The predicted molar refractivity (Wildman–Crippen MR) is 260 cm³/mol. The fraction of sp³-hybridized carbons (Fsp3) is 0. The molecule has 0 amide bonds. The first-order valence-electron chi connectivity index (χ1n) is 15.3. The molecule has 0 rings (SSSR count). The predicted octanol–water partition coefficient (Wildman–Crippen LogP) is -19.1. The molecule has 32 N–H and O–H groups in total. The van der Waals surface area contributed by atoms with Gasteiger partial charge in [-0.1, -0.05) is 0 Å². The van der Waals surface area contributed by atoms with Crippen molar-refractivity contribution >= 4 is 450 Å². The number of rotatable bonds is 0. The van der Waals surface area contributed by atoms with Crippen LogP contribution in [-0.2, 0) is 0 Å². The summed E-state index contributed by atoms with van der Waals surface area (Å²) in [5, 5.41) is 356. The van der Waals surface area contributed by atoms with Crippen LogP contribution < -0.4 is 81.7 Å². The second-order valence-electron chi connectivity index (χ2n) is 6.52.